The minimum absolute atomic E-state index is 0.117. The molecule has 1 heterocycles. The molecule has 1 aromatic carbocycles. The summed E-state index contributed by atoms with van der Waals surface area (Å²) in [5.41, 5.74) is 4.70. The molecule has 11 heteroatoms. The number of esters is 1. The molecule has 0 radical (unpaired) electrons. The largest absolute Gasteiger partial charge is 0.490 e. The number of nitrogens with one attached hydrogen (secondary N) is 1. The van der Waals surface area contributed by atoms with Crippen molar-refractivity contribution in [3.63, 3.8) is 0 Å². The van der Waals surface area contributed by atoms with E-state index in [1.165, 1.54) is 25.1 Å². The molecule has 0 aliphatic carbocycles. The minimum atomic E-state index is -0.545. The number of amides is 1. The Hall–Kier alpha value is -2.85. The lowest BCUT2D eigenvalue weighted by atomic mass is 10.2. The first-order valence-electron chi connectivity index (χ1n) is 9.25. The smallest absolute Gasteiger partial charge is 0.343 e. The average Bonchev–Trinajstić information content (AvgIpc) is 2.71. The SMILES string of the molecule is CCOc1cc(/C=N\NC(=O)CSc2nc(C)cc(C)n2)cc(Cl)c1OCC(=O)OC. The van der Waals surface area contributed by atoms with Crippen molar-refractivity contribution >= 4 is 41.5 Å². The van der Waals surface area contributed by atoms with Crippen LogP contribution in [0.3, 0.4) is 0 Å². The number of nitrogens with zero attached hydrogens (tertiary/aromatic N) is 3. The summed E-state index contributed by atoms with van der Waals surface area (Å²) in [6, 6.07) is 5.07. The zero-order valence-electron chi connectivity index (χ0n) is 17.6. The monoisotopic (exact) mass is 466 g/mol. The Morgan fingerprint density at radius 1 is 1.19 bits per heavy atom. The number of benzene rings is 1. The van der Waals surface area contributed by atoms with Crippen LogP contribution in [0.25, 0.3) is 0 Å². The number of ether oxygens (including phenoxy) is 3. The number of methoxy groups -OCH3 is 1. The summed E-state index contributed by atoms with van der Waals surface area (Å²) in [6.45, 7) is 5.60. The summed E-state index contributed by atoms with van der Waals surface area (Å²) in [4.78, 5) is 31.9. The third-order valence-corrected chi connectivity index (χ3v) is 4.72. The van der Waals surface area contributed by atoms with Crippen LogP contribution in [0.5, 0.6) is 11.5 Å². The third-order valence-electron chi connectivity index (χ3n) is 3.59. The zero-order valence-corrected chi connectivity index (χ0v) is 19.2. The van der Waals surface area contributed by atoms with Crippen molar-refractivity contribution in [2.75, 3.05) is 26.1 Å². The maximum absolute atomic E-state index is 12.0. The molecule has 1 aromatic heterocycles. The van der Waals surface area contributed by atoms with E-state index < -0.39 is 5.97 Å². The Morgan fingerprint density at radius 2 is 1.90 bits per heavy atom. The number of hydrogen-bond donors (Lipinski definition) is 1. The van der Waals surface area contributed by atoms with Gasteiger partial charge in [0.05, 0.1) is 30.7 Å². The second kappa shape index (κ2) is 12.1. The number of carbonyl (C=O) groups excluding carboxylic acids is 2. The summed E-state index contributed by atoms with van der Waals surface area (Å²) >= 11 is 7.48. The molecule has 0 aliphatic heterocycles. The van der Waals surface area contributed by atoms with E-state index in [1.54, 1.807) is 19.1 Å². The third kappa shape index (κ3) is 8.06. The number of rotatable bonds is 10. The van der Waals surface area contributed by atoms with Gasteiger partial charge in [-0.15, -0.1) is 0 Å². The number of thioether (sulfide) groups is 1. The van der Waals surface area contributed by atoms with Crippen LogP contribution in [0.1, 0.15) is 23.9 Å². The molecule has 2 rings (SSSR count). The Morgan fingerprint density at radius 3 is 2.55 bits per heavy atom. The Balaban J connectivity index is 1.99. The predicted octanol–water partition coefficient (Wildman–Crippen LogP) is 2.94. The van der Waals surface area contributed by atoms with Gasteiger partial charge in [0.1, 0.15) is 0 Å². The summed E-state index contributed by atoms with van der Waals surface area (Å²) < 4.78 is 15.5. The van der Waals surface area contributed by atoms with E-state index >= 15 is 0 Å². The average molecular weight is 467 g/mol. The van der Waals surface area contributed by atoms with E-state index in [0.29, 0.717) is 23.1 Å². The van der Waals surface area contributed by atoms with Crippen LogP contribution in [0.4, 0.5) is 0 Å². The molecule has 166 valence electrons. The second-order valence-electron chi connectivity index (χ2n) is 6.14. The van der Waals surface area contributed by atoms with Gasteiger partial charge in [0, 0.05) is 11.4 Å². The molecule has 0 aliphatic rings. The fourth-order valence-corrected chi connectivity index (χ4v) is 3.37. The van der Waals surface area contributed by atoms with Gasteiger partial charge < -0.3 is 14.2 Å². The van der Waals surface area contributed by atoms with Gasteiger partial charge in [0.2, 0.25) is 0 Å². The highest BCUT2D eigenvalue weighted by molar-refractivity contribution is 7.99. The number of hydrazone groups is 1. The number of aryl methyl sites for hydroxylation is 2. The lowest BCUT2D eigenvalue weighted by Gasteiger charge is -2.13. The van der Waals surface area contributed by atoms with Crippen LogP contribution >= 0.6 is 23.4 Å². The van der Waals surface area contributed by atoms with E-state index in [0.717, 1.165) is 11.4 Å². The van der Waals surface area contributed by atoms with E-state index in [2.05, 4.69) is 25.2 Å². The molecule has 0 saturated carbocycles. The van der Waals surface area contributed by atoms with Crippen LogP contribution in [-0.4, -0.2) is 54.1 Å². The molecule has 0 saturated heterocycles. The molecule has 1 N–H and O–H groups in total. The second-order valence-corrected chi connectivity index (χ2v) is 7.49. The Labute approximate surface area is 189 Å². The maximum Gasteiger partial charge on any atom is 0.343 e. The van der Waals surface area contributed by atoms with Crippen molar-refractivity contribution in [2.24, 2.45) is 5.10 Å². The fourth-order valence-electron chi connectivity index (χ4n) is 2.35. The topological polar surface area (TPSA) is 112 Å². The van der Waals surface area contributed by atoms with Crippen LogP contribution < -0.4 is 14.9 Å². The van der Waals surface area contributed by atoms with Gasteiger partial charge in [-0.25, -0.2) is 20.2 Å². The van der Waals surface area contributed by atoms with E-state index in [1.807, 2.05) is 19.9 Å². The van der Waals surface area contributed by atoms with Gasteiger partial charge in [-0.3, -0.25) is 4.79 Å². The van der Waals surface area contributed by atoms with Gasteiger partial charge in [-0.05, 0) is 44.5 Å². The standard InChI is InChI=1S/C20H23ClN4O5S/c1-5-29-16-8-14(7-15(21)19(16)30-10-18(27)28-4)9-22-25-17(26)11-31-20-23-12(2)6-13(3)24-20/h6-9H,5,10-11H2,1-4H3,(H,25,26)/b22-9-. The molecule has 0 fully saturated rings. The first-order chi connectivity index (χ1) is 14.8. The van der Waals surface area contributed by atoms with Crippen molar-refractivity contribution in [1.82, 2.24) is 15.4 Å². The van der Waals surface area contributed by atoms with Crippen molar-refractivity contribution in [3.05, 3.63) is 40.2 Å². The highest BCUT2D eigenvalue weighted by Gasteiger charge is 2.14. The summed E-state index contributed by atoms with van der Waals surface area (Å²) in [5, 5.41) is 4.70. The molecular weight excluding hydrogens is 444 g/mol. The fraction of sp³-hybridized carbons (Fsp3) is 0.350. The molecule has 0 spiro atoms. The normalized spacial score (nSPS) is 10.7. The summed E-state index contributed by atoms with van der Waals surface area (Å²) in [5.74, 6) is -0.172. The van der Waals surface area contributed by atoms with Gasteiger partial charge in [0.25, 0.3) is 5.91 Å². The number of hydrogen-bond acceptors (Lipinski definition) is 9. The molecule has 0 unspecified atom stereocenters. The van der Waals surface area contributed by atoms with E-state index in [9.17, 15) is 9.59 Å². The quantitative estimate of drug-likeness (QED) is 0.187. The number of aromatic nitrogens is 2. The molecule has 2 aromatic rings. The van der Waals surface area contributed by atoms with Gasteiger partial charge >= 0.3 is 5.97 Å². The molecule has 9 nitrogen and oxygen atoms in total. The number of halogens is 1. The zero-order chi connectivity index (χ0) is 22.8. The minimum Gasteiger partial charge on any atom is -0.490 e. The van der Waals surface area contributed by atoms with Crippen molar-refractivity contribution in [2.45, 2.75) is 25.9 Å². The Kier molecular flexibility index (Phi) is 9.54. The van der Waals surface area contributed by atoms with E-state index in [-0.39, 0.29) is 29.0 Å². The van der Waals surface area contributed by atoms with Gasteiger partial charge in [0.15, 0.2) is 23.3 Å². The van der Waals surface area contributed by atoms with Crippen molar-refractivity contribution in [1.29, 1.82) is 0 Å². The maximum atomic E-state index is 12.0. The van der Waals surface area contributed by atoms with Gasteiger partial charge in [-0.2, -0.15) is 5.10 Å². The lowest BCUT2D eigenvalue weighted by molar-refractivity contribution is -0.142. The van der Waals surface area contributed by atoms with Crippen molar-refractivity contribution < 1.29 is 23.8 Å². The lowest BCUT2D eigenvalue weighted by Crippen LogP contribution is -2.19. The van der Waals surface area contributed by atoms with Crippen LogP contribution in [-0.2, 0) is 14.3 Å². The molecule has 0 bridgehead atoms. The van der Waals surface area contributed by atoms with Crippen molar-refractivity contribution in [3.8, 4) is 11.5 Å². The molecule has 1 amide bonds. The number of carbonyl (C=O) groups is 2. The summed E-state index contributed by atoms with van der Waals surface area (Å²) in [6.07, 6.45) is 1.42. The van der Waals surface area contributed by atoms with Crippen LogP contribution in [0, 0.1) is 13.8 Å². The predicted molar refractivity (Wildman–Crippen MR) is 118 cm³/mol. The first kappa shape index (κ1) is 24.4. The highest BCUT2D eigenvalue weighted by Crippen LogP contribution is 2.36. The van der Waals surface area contributed by atoms with E-state index in [4.69, 9.17) is 21.1 Å². The summed E-state index contributed by atoms with van der Waals surface area (Å²) in [7, 11) is 1.26. The first-order valence-corrected chi connectivity index (χ1v) is 10.6. The Bertz CT molecular complexity index is 951. The highest BCUT2D eigenvalue weighted by atomic mass is 35.5. The molecule has 31 heavy (non-hydrogen) atoms. The van der Waals surface area contributed by atoms with Crippen LogP contribution in [0.15, 0.2) is 28.5 Å². The molecule has 0 atom stereocenters. The van der Waals surface area contributed by atoms with Gasteiger partial charge in [-0.1, -0.05) is 23.4 Å². The van der Waals surface area contributed by atoms with Crippen LogP contribution in [0.2, 0.25) is 5.02 Å². The molecular formula is C20H23ClN4O5S.